The number of halogens is 1. The SMILES string of the molecule is Cc1c(Cl)cc2cn[nH]c2c1C(C)(C)C. The summed E-state index contributed by atoms with van der Waals surface area (Å²) in [5.41, 5.74) is 3.56. The fourth-order valence-corrected chi connectivity index (χ4v) is 2.31. The zero-order valence-electron chi connectivity index (χ0n) is 9.48. The first kappa shape index (κ1) is 10.5. The summed E-state index contributed by atoms with van der Waals surface area (Å²) in [5, 5.41) is 9.02. The van der Waals surface area contributed by atoms with E-state index in [4.69, 9.17) is 11.6 Å². The van der Waals surface area contributed by atoms with Crippen LogP contribution in [0.25, 0.3) is 10.9 Å². The van der Waals surface area contributed by atoms with Crippen LogP contribution in [-0.4, -0.2) is 10.2 Å². The van der Waals surface area contributed by atoms with Gasteiger partial charge in [-0.1, -0.05) is 32.4 Å². The van der Waals surface area contributed by atoms with Crippen molar-refractivity contribution in [2.75, 3.05) is 0 Å². The van der Waals surface area contributed by atoms with Crippen molar-refractivity contribution in [3.63, 3.8) is 0 Å². The van der Waals surface area contributed by atoms with E-state index in [1.807, 2.05) is 12.3 Å². The monoisotopic (exact) mass is 222 g/mol. The van der Waals surface area contributed by atoms with E-state index in [1.54, 1.807) is 0 Å². The van der Waals surface area contributed by atoms with Crippen LogP contribution in [0.2, 0.25) is 5.02 Å². The topological polar surface area (TPSA) is 28.7 Å². The van der Waals surface area contributed by atoms with Crippen LogP contribution in [0, 0.1) is 6.92 Å². The molecule has 0 aliphatic carbocycles. The van der Waals surface area contributed by atoms with Gasteiger partial charge >= 0.3 is 0 Å². The summed E-state index contributed by atoms with van der Waals surface area (Å²) in [6.07, 6.45) is 1.82. The van der Waals surface area contributed by atoms with E-state index in [0.717, 1.165) is 21.5 Å². The predicted octanol–water partition coefficient (Wildman–Crippen LogP) is 3.82. The van der Waals surface area contributed by atoms with Gasteiger partial charge < -0.3 is 0 Å². The van der Waals surface area contributed by atoms with Gasteiger partial charge in [-0.25, -0.2) is 0 Å². The van der Waals surface area contributed by atoms with Crippen LogP contribution in [-0.2, 0) is 5.41 Å². The number of aromatic amines is 1. The lowest BCUT2D eigenvalue weighted by Gasteiger charge is -2.23. The molecule has 0 atom stereocenters. The normalized spacial score (nSPS) is 12.3. The molecule has 1 aromatic carbocycles. The molecule has 0 spiro atoms. The molecule has 0 bridgehead atoms. The van der Waals surface area contributed by atoms with Crippen molar-refractivity contribution in [1.29, 1.82) is 0 Å². The Morgan fingerprint density at radius 1 is 1.33 bits per heavy atom. The molecule has 0 amide bonds. The molecule has 80 valence electrons. The first-order valence-corrected chi connectivity index (χ1v) is 5.41. The Bertz CT molecular complexity index is 506. The van der Waals surface area contributed by atoms with Crippen LogP contribution in [0.3, 0.4) is 0 Å². The smallest absolute Gasteiger partial charge is 0.0691 e. The summed E-state index contributed by atoms with van der Waals surface area (Å²) in [7, 11) is 0. The highest BCUT2D eigenvalue weighted by molar-refractivity contribution is 6.32. The Balaban J connectivity index is 2.90. The van der Waals surface area contributed by atoms with Crippen molar-refractivity contribution >= 4 is 22.5 Å². The zero-order valence-corrected chi connectivity index (χ0v) is 10.2. The molecule has 2 rings (SSSR count). The van der Waals surface area contributed by atoms with Crippen LogP contribution < -0.4 is 0 Å². The summed E-state index contributed by atoms with van der Waals surface area (Å²) in [5.74, 6) is 0. The molecule has 0 unspecified atom stereocenters. The van der Waals surface area contributed by atoms with Crippen LogP contribution in [0.4, 0.5) is 0 Å². The second-order valence-electron chi connectivity index (χ2n) is 4.94. The molecule has 1 N–H and O–H groups in total. The molecule has 15 heavy (non-hydrogen) atoms. The van der Waals surface area contributed by atoms with Crippen LogP contribution >= 0.6 is 11.6 Å². The van der Waals surface area contributed by atoms with Crippen molar-refractivity contribution in [3.8, 4) is 0 Å². The number of nitrogens with zero attached hydrogens (tertiary/aromatic N) is 1. The maximum atomic E-state index is 6.21. The molecule has 0 saturated carbocycles. The largest absolute Gasteiger partial charge is 0.278 e. The summed E-state index contributed by atoms with van der Waals surface area (Å²) >= 11 is 6.21. The predicted molar refractivity (Wildman–Crippen MR) is 64.5 cm³/mol. The minimum Gasteiger partial charge on any atom is -0.278 e. The van der Waals surface area contributed by atoms with E-state index in [1.165, 1.54) is 5.56 Å². The lowest BCUT2D eigenvalue weighted by atomic mass is 9.83. The lowest BCUT2D eigenvalue weighted by Crippen LogP contribution is -2.14. The van der Waals surface area contributed by atoms with E-state index >= 15 is 0 Å². The van der Waals surface area contributed by atoms with Gasteiger partial charge in [0.15, 0.2) is 0 Å². The Labute approximate surface area is 94.6 Å². The van der Waals surface area contributed by atoms with Crippen molar-refractivity contribution < 1.29 is 0 Å². The number of H-pyrrole nitrogens is 1. The van der Waals surface area contributed by atoms with Gasteiger partial charge in [-0.3, -0.25) is 5.10 Å². The molecule has 2 nitrogen and oxygen atoms in total. The quantitative estimate of drug-likeness (QED) is 0.721. The zero-order chi connectivity index (χ0) is 11.2. The second-order valence-corrected chi connectivity index (χ2v) is 5.35. The van der Waals surface area contributed by atoms with Gasteiger partial charge in [0, 0.05) is 10.4 Å². The van der Waals surface area contributed by atoms with E-state index < -0.39 is 0 Å². The molecule has 3 heteroatoms. The van der Waals surface area contributed by atoms with Gasteiger partial charge in [-0.15, -0.1) is 0 Å². The van der Waals surface area contributed by atoms with E-state index in [9.17, 15) is 0 Å². The molecule has 0 aliphatic heterocycles. The first-order valence-electron chi connectivity index (χ1n) is 5.04. The standard InChI is InChI=1S/C12H15ClN2/c1-7-9(13)5-8-6-14-15-11(8)10(7)12(2,3)4/h5-6H,1-4H3,(H,14,15). The molecular weight excluding hydrogens is 208 g/mol. The third-order valence-corrected chi connectivity index (χ3v) is 3.08. The second kappa shape index (κ2) is 3.24. The highest BCUT2D eigenvalue weighted by Gasteiger charge is 2.22. The lowest BCUT2D eigenvalue weighted by molar-refractivity contribution is 0.590. The van der Waals surface area contributed by atoms with Crippen molar-refractivity contribution in [1.82, 2.24) is 10.2 Å². The highest BCUT2D eigenvalue weighted by atomic mass is 35.5. The molecule has 0 saturated heterocycles. The minimum atomic E-state index is 0.0692. The summed E-state index contributed by atoms with van der Waals surface area (Å²) < 4.78 is 0. The van der Waals surface area contributed by atoms with Crippen molar-refractivity contribution in [2.45, 2.75) is 33.1 Å². The van der Waals surface area contributed by atoms with Gasteiger partial charge in [0.2, 0.25) is 0 Å². The third kappa shape index (κ3) is 1.63. The number of aromatic nitrogens is 2. The van der Waals surface area contributed by atoms with Gasteiger partial charge in [-0.2, -0.15) is 5.10 Å². The maximum absolute atomic E-state index is 6.21. The van der Waals surface area contributed by atoms with Gasteiger partial charge in [-0.05, 0) is 29.5 Å². The van der Waals surface area contributed by atoms with E-state index in [-0.39, 0.29) is 5.41 Å². The molecule has 1 heterocycles. The average Bonchev–Trinajstić information content (AvgIpc) is 2.50. The van der Waals surface area contributed by atoms with Gasteiger partial charge in [0.1, 0.15) is 0 Å². The fourth-order valence-electron chi connectivity index (χ4n) is 2.09. The summed E-state index contributed by atoms with van der Waals surface area (Å²) in [6, 6.07) is 1.96. The Morgan fingerprint density at radius 3 is 2.60 bits per heavy atom. The fraction of sp³-hybridized carbons (Fsp3) is 0.417. The third-order valence-electron chi connectivity index (χ3n) is 2.68. The number of rotatable bonds is 0. The maximum Gasteiger partial charge on any atom is 0.0691 e. The number of hydrogen-bond acceptors (Lipinski definition) is 1. The molecule has 2 aromatic rings. The Morgan fingerprint density at radius 2 is 2.00 bits per heavy atom. The van der Waals surface area contributed by atoms with Gasteiger partial charge in [0.25, 0.3) is 0 Å². The van der Waals surface area contributed by atoms with Gasteiger partial charge in [0.05, 0.1) is 11.7 Å². The van der Waals surface area contributed by atoms with Crippen LogP contribution in [0.15, 0.2) is 12.3 Å². The molecule has 1 aromatic heterocycles. The number of fused-ring (bicyclic) bond motifs is 1. The Kier molecular flexibility index (Phi) is 2.27. The van der Waals surface area contributed by atoms with Crippen molar-refractivity contribution in [2.24, 2.45) is 0 Å². The van der Waals surface area contributed by atoms with Crippen LogP contribution in [0.1, 0.15) is 31.9 Å². The molecular formula is C12H15ClN2. The van der Waals surface area contributed by atoms with Crippen molar-refractivity contribution in [3.05, 3.63) is 28.4 Å². The van der Waals surface area contributed by atoms with E-state index in [2.05, 4.69) is 37.9 Å². The van der Waals surface area contributed by atoms with E-state index in [0.29, 0.717) is 0 Å². The molecule has 0 aliphatic rings. The summed E-state index contributed by atoms with van der Waals surface area (Å²) in [4.78, 5) is 0. The number of hydrogen-bond donors (Lipinski definition) is 1. The summed E-state index contributed by atoms with van der Waals surface area (Å²) in [6.45, 7) is 8.62. The molecule has 0 fully saturated rings. The number of nitrogens with one attached hydrogen (secondary N) is 1. The van der Waals surface area contributed by atoms with Crippen LogP contribution in [0.5, 0.6) is 0 Å². The number of benzene rings is 1. The molecule has 0 radical (unpaired) electrons. The Hall–Kier alpha value is -1.02. The first-order chi connectivity index (χ1) is 6.91. The minimum absolute atomic E-state index is 0.0692. The highest BCUT2D eigenvalue weighted by Crippen LogP contribution is 2.35. The average molecular weight is 223 g/mol.